The fourth-order valence-electron chi connectivity index (χ4n) is 3.65. The van der Waals surface area contributed by atoms with E-state index in [0.29, 0.717) is 5.13 Å². The minimum absolute atomic E-state index is 0.0284. The largest absolute Gasteiger partial charge is 0.302 e. The molecule has 6 nitrogen and oxygen atoms in total. The summed E-state index contributed by atoms with van der Waals surface area (Å²) in [6.45, 7) is 1.90. The number of amides is 1. The topological polar surface area (TPSA) is 88.2 Å². The molecule has 0 bridgehead atoms. The summed E-state index contributed by atoms with van der Waals surface area (Å²) < 4.78 is 28.6. The molecule has 1 aliphatic rings. The van der Waals surface area contributed by atoms with E-state index in [4.69, 9.17) is 0 Å². The van der Waals surface area contributed by atoms with Gasteiger partial charge in [0, 0.05) is 11.3 Å². The van der Waals surface area contributed by atoms with Crippen molar-refractivity contribution in [2.45, 2.75) is 50.0 Å². The standard InChI is InChI=1S/C23H25N3O3S2/c1-16-11-13-18(14-12-16)31(28,29)26-20(17-7-3-2-4-8-17)15-22(27)25-23-24-19-9-5-6-10-21(19)30-23/h2-4,7-8,11-14,20,26H,5-6,9-10,15H2,1H3,(H,24,25,27)/t20-/m1/s1. The van der Waals surface area contributed by atoms with E-state index in [0.717, 1.165) is 42.5 Å². The lowest BCUT2D eigenvalue weighted by Crippen LogP contribution is -2.31. The molecule has 0 unspecified atom stereocenters. The second kappa shape index (κ2) is 9.30. The molecule has 8 heteroatoms. The summed E-state index contributed by atoms with van der Waals surface area (Å²) in [5.41, 5.74) is 2.78. The van der Waals surface area contributed by atoms with Crippen molar-refractivity contribution in [3.63, 3.8) is 0 Å². The van der Waals surface area contributed by atoms with Gasteiger partial charge in [0.2, 0.25) is 15.9 Å². The van der Waals surface area contributed by atoms with E-state index in [2.05, 4.69) is 15.0 Å². The number of aryl methyl sites for hydroxylation is 3. The van der Waals surface area contributed by atoms with Crippen LogP contribution in [0.2, 0.25) is 0 Å². The lowest BCUT2D eigenvalue weighted by molar-refractivity contribution is -0.116. The van der Waals surface area contributed by atoms with Gasteiger partial charge in [0.1, 0.15) is 0 Å². The fourth-order valence-corrected chi connectivity index (χ4v) is 5.94. The molecular weight excluding hydrogens is 430 g/mol. The second-order valence-electron chi connectivity index (χ2n) is 7.75. The van der Waals surface area contributed by atoms with Crippen molar-refractivity contribution >= 4 is 32.4 Å². The second-order valence-corrected chi connectivity index (χ2v) is 10.5. The van der Waals surface area contributed by atoms with Crippen LogP contribution in [0.1, 0.15) is 47.0 Å². The molecule has 1 aliphatic carbocycles. The van der Waals surface area contributed by atoms with Gasteiger partial charge in [-0.1, -0.05) is 48.0 Å². The number of hydrogen-bond donors (Lipinski definition) is 2. The summed E-state index contributed by atoms with van der Waals surface area (Å²) in [4.78, 5) is 18.8. The Hall–Kier alpha value is -2.55. The molecule has 0 radical (unpaired) electrons. The highest BCUT2D eigenvalue weighted by Gasteiger charge is 2.24. The van der Waals surface area contributed by atoms with Gasteiger partial charge in [-0.05, 0) is 50.3 Å². The molecule has 0 fully saturated rings. The number of nitrogens with one attached hydrogen (secondary N) is 2. The lowest BCUT2D eigenvalue weighted by Gasteiger charge is -2.19. The van der Waals surface area contributed by atoms with Gasteiger partial charge in [-0.2, -0.15) is 0 Å². The maximum Gasteiger partial charge on any atom is 0.241 e. The van der Waals surface area contributed by atoms with Gasteiger partial charge in [-0.15, -0.1) is 11.3 Å². The Morgan fingerprint density at radius 2 is 1.77 bits per heavy atom. The van der Waals surface area contributed by atoms with Gasteiger partial charge < -0.3 is 5.32 Å². The molecule has 31 heavy (non-hydrogen) atoms. The third kappa shape index (κ3) is 5.39. The van der Waals surface area contributed by atoms with Crippen molar-refractivity contribution < 1.29 is 13.2 Å². The van der Waals surface area contributed by atoms with Gasteiger partial charge in [-0.3, -0.25) is 4.79 Å². The van der Waals surface area contributed by atoms with Crippen LogP contribution in [0.5, 0.6) is 0 Å². The molecule has 0 spiro atoms. The molecule has 0 saturated carbocycles. The predicted molar refractivity (Wildman–Crippen MR) is 123 cm³/mol. The quantitative estimate of drug-likeness (QED) is 0.553. The van der Waals surface area contributed by atoms with Crippen molar-refractivity contribution in [1.82, 2.24) is 9.71 Å². The Balaban J connectivity index is 1.52. The minimum Gasteiger partial charge on any atom is -0.302 e. The maximum absolute atomic E-state index is 12.9. The van der Waals surface area contributed by atoms with E-state index >= 15 is 0 Å². The number of anilines is 1. The van der Waals surface area contributed by atoms with E-state index in [1.54, 1.807) is 24.3 Å². The van der Waals surface area contributed by atoms with Crippen LogP contribution in [0, 0.1) is 6.92 Å². The molecule has 162 valence electrons. The van der Waals surface area contributed by atoms with Gasteiger partial charge in [0.15, 0.2) is 5.13 Å². The Morgan fingerprint density at radius 1 is 1.06 bits per heavy atom. The zero-order valence-corrected chi connectivity index (χ0v) is 18.9. The lowest BCUT2D eigenvalue weighted by atomic mass is 10.0. The number of hydrogen-bond acceptors (Lipinski definition) is 5. The van der Waals surface area contributed by atoms with E-state index in [9.17, 15) is 13.2 Å². The molecule has 0 aliphatic heterocycles. The van der Waals surface area contributed by atoms with Crippen LogP contribution in [-0.4, -0.2) is 19.3 Å². The molecule has 1 heterocycles. The first-order chi connectivity index (χ1) is 14.9. The van der Waals surface area contributed by atoms with Crippen LogP contribution in [0.4, 0.5) is 5.13 Å². The van der Waals surface area contributed by atoms with Crippen molar-refractivity contribution in [3.05, 3.63) is 76.3 Å². The zero-order chi connectivity index (χ0) is 21.8. The van der Waals surface area contributed by atoms with E-state index in [1.165, 1.54) is 16.2 Å². The Labute approximate surface area is 186 Å². The summed E-state index contributed by atoms with van der Waals surface area (Å²) in [7, 11) is -3.79. The minimum atomic E-state index is -3.79. The summed E-state index contributed by atoms with van der Waals surface area (Å²) in [6, 6.07) is 15.1. The van der Waals surface area contributed by atoms with Gasteiger partial charge in [0.25, 0.3) is 0 Å². The number of thiazole rings is 1. The number of rotatable bonds is 7. The van der Waals surface area contributed by atoms with E-state index in [1.807, 2.05) is 37.3 Å². The van der Waals surface area contributed by atoms with Crippen molar-refractivity contribution in [1.29, 1.82) is 0 Å². The highest BCUT2D eigenvalue weighted by Crippen LogP contribution is 2.30. The fraction of sp³-hybridized carbons (Fsp3) is 0.304. The number of aromatic nitrogens is 1. The number of benzene rings is 2. The molecule has 1 aromatic heterocycles. The van der Waals surface area contributed by atoms with Crippen LogP contribution in [0.3, 0.4) is 0 Å². The molecule has 4 rings (SSSR count). The molecular formula is C23H25N3O3S2. The van der Waals surface area contributed by atoms with Crippen molar-refractivity contribution in [2.24, 2.45) is 0 Å². The number of fused-ring (bicyclic) bond motifs is 1. The molecule has 2 aromatic carbocycles. The first-order valence-corrected chi connectivity index (χ1v) is 12.6. The van der Waals surface area contributed by atoms with E-state index < -0.39 is 16.1 Å². The molecule has 2 N–H and O–H groups in total. The van der Waals surface area contributed by atoms with E-state index in [-0.39, 0.29) is 17.2 Å². The Bertz CT molecular complexity index is 1130. The van der Waals surface area contributed by atoms with Crippen LogP contribution >= 0.6 is 11.3 Å². The zero-order valence-electron chi connectivity index (χ0n) is 17.3. The van der Waals surface area contributed by atoms with Gasteiger partial charge >= 0.3 is 0 Å². The first-order valence-electron chi connectivity index (χ1n) is 10.3. The average molecular weight is 456 g/mol. The number of sulfonamides is 1. The number of carbonyl (C=O) groups is 1. The third-order valence-corrected chi connectivity index (χ3v) is 7.87. The van der Waals surface area contributed by atoms with Crippen LogP contribution in [0.25, 0.3) is 0 Å². The number of carbonyl (C=O) groups excluding carboxylic acids is 1. The molecule has 1 atom stereocenters. The highest BCUT2D eigenvalue weighted by atomic mass is 32.2. The molecule has 0 saturated heterocycles. The number of nitrogens with zero attached hydrogens (tertiary/aromatic N) is 1. The van der Waals surface area contributed by atoms with Crippen LogP contribution < -0.4 is 10.0 Å². The van der Waals surface area contributed by atoms with Crippen molar-refractivity contribution in [2.75, 3.05) is 5.32 Å². The first kappa shape index (κ1) is 21.7. The Kier molecular flexibility index (Phi) is 6.50. The average Bonchev–Trinajstić information content (AvgIpc) is 3.16. The molecule has 3 aromatic rings. The monoisotopic (exact) mass is 455 g/mol. The highest BCUT2D eigenvalue weighted by molar-refractivity contribution is 7.89. The van der Waals surface area contributed by atoms with Crippen LogP contribution in [0.15, 0.2) is 59.5 Å². The van der Waals surface area contributed by atoms with Crippen LogP contribution in [-0.2, 0) is 27.7 Å². The van der Waals surface area contributed by atoms with Gasteiger partial charge in [0.05, 0.1) is 16.6 Å². The smallest absolute Gasteiger partial charge is 0.241 e. The predicted octanol–water partition coefficient (Wildman–Crippen LogP) is 4.38. The summed E-state index contributed by atoms with van der Waals surface area (Å²) in [5.74, 6) is -0.272. The third-order valence-electron chi connectivity index (χ3n) is 5.31. The van der Waals surface area contributed by atoms with Gasteiger partial charge in [-0.25, -0.2) is 18.1 Å². The normalized spacial score (nSPS) is 14.6. The summed E-state index contributed by atoms with van der Waals surface area (Å²) in [5, 5.41) is 3.45. The Morgan fingerprint density at radius 3 is 2.48 bits per heavy atom. The van der Waals surface area contributed by atoms with Crippen molar-refractivity contribution in [3.8, 4) is 0 Å². The summed E-state index contributed by atoms with van der Waals surface area (Å²) >= 11 is 1.52. The maximum atomic E-state index is 12.9. The summed E-state index contributed by atoms with van der Waals surface area (Å²) in [6.07, 6.45) is 4.20. The molecule has 1 amide bonds. The SMILES string of the molecule is Cc1ccc(S(=O)(=O)N[C@H](CC(=O)Nc2nc3c(s2)CCCC3)c2ccccc2)cc1.